The van der Waals surface area contributed by atoms with Crippen LogP contribution in [0.3, 0.4) is 0 Å². The highest BCUT2D eigenvalue weighted by atomic mass is 32.1. The molecule has 0 saturated carbocycles. The molecular formula is C23H17N3O4S. The molecule has 31 heavy (non-hydrogen) atoms. The normalized spacial score (nSPS) is 15.3. The predicted molar refractivity (Wildman–Crippen MR) is 118 cm³/mol. The van der Waals surface area contributed by atoms with Crippen molar-refractivity contribution >= 4 is 33.3 Å². The molecule has 4 aromatic rings. The van der Waals surface area contributed by atoms with Crippen LogP contribution in [-0.4, -0.2) is 22.7 Å². The van der Waals surface area contributed by atoms with Gasteiger partial charge >= 0.3 is 0 Å². The topological polar surface area (TPSA) is 85.5 Å². The molecule has 1 aliphatic heterocycles. The zero-order valence-corrected chi connectivity index (χ0v) is 17.4. The molecule has 5 rings (SSSR count). The van der Waals surface area contributed by atoms with Crippen LogP contribution in [0.1, 0.15) is 32.7 Å². The number of ether oxygens (including phenoxy) is 1. The second kappa shape index (κ2) is 7.48. The number of carbonyl (C=O) groups excluding carboxylic acids is 1. The maximum absolute atomic E-state index is 13.5. The first-order valence-electron chi connectivity index (χ1n) is 9.61. The molecule has 1 atom stereocenters. The van der Waals surface area contributed by atoms with Gasteiger partial charge in [-0.05, 0) is 36.8 Å². The van der Waals surface area contributed by atoms with Crippen molar-refractivity contribution < 1.29 is 13.9 Å². The summed E-state index contributed by atoms with van der Waals surface area (Å²) in [6.07, 6.45) is 1.65. The predicted octanol–water partition coefficient (Wildman–Crippen LogP) is 4.27. The van der Waals surface area contributed by atoms with E-state index in [2.05, 4.69) is 16.8 Å². The molecule has 7 nitrogen and oxygen atoms in total. The fraction of sp³-hybridized carbons (Fsp3) is 0.130. The molecule has 0 spiro atoms. The molecule has 8 heteroatoms. The fourth-order valence-electron chi connectivity index (χ4n) is 3.75. The number of anilines is 1. The van der Waals surface area contributed by atoms with Gasteiger partial charge in [-0.3, -0.25) is 14.5 Å². The lowest BCUT2D eigenvalue weighted by molar-refractivity contribution is 0.0970. The third-order valence-electron chi connectivity index (χ3n) is 5.04. The minimum absolute atomic E-state index is 0.0268. The molecule has 0 aliphatic carbocycles. The zero-order chi connectivity index (χ0) is 21.5. The number of hydrogen-bond donors (Lipinski definition) is 0. The van der Waals surface area contributed by atoms with E-state index >= 15 is 0 Å². The van der Waals surface area contributed by atoms with Gasteiger partial charge in [-0.2, -0.15) is 0 Å². The van der Waals surface area contributed by atoms with Gasteiger partial charge in [0.05, 0.1) is 17.0 Å². The molecule has 0 bridgehead atoms. The van der Waals surface area contributed by atoms with Gasteiger partial charge in [0.25, 0.3) is 5.91 Å². The summed E-state index contributed by atoms with van der Waals surface area (Å²) in [6, 6.07) is 13.5. The van der Waals surface area contributed by atoms with Gasteiger partial charge in [0.15, 0.2) is 5.43 Å². The highest BCUT2D eigenvalue weighted by Gasteiger charge is 2.45. The van der Waals surface area contributed by atoms with E-state index in [0.29, 0.717) is 39.0 Å². The second-order valence-corrected chi connectivity index (χ2v) is 8.18. The van der Waals surface area contributed by atoms with E-state index in [-0.39, 0.29) is 16.8 Å². The first-order chi connectivity index (χ1) is 15.1. The van der Waals surface area contributed by atoms with Gasteiger partial charge in [0.2, 0.25) is 10.9 Å². The number of carbonyl (C=O) groups is 1. The van der Waals surface area contributed by atoms with Crippen molar-refractivity contribution in [3.05, 3.63) is 93.3 Å². The van der Waals surface area contributed by atoms with Crippen LogP contribution < -0.4 is 15.1 Å². The average molecular weight is 431 g/mol. The van der Waals surface area contributed by atoms with Crippen molar-refractivity contribution in [3.8, 4) is 5.75 Å². The van der Waals surface area contributed by atoms with Crippen molar-refractivity contribution in [3.63, 3.8) is 0 Å². The van der Waals surface area contributed by atoms with Gasteiger partial charge in [-0.1, -0.05) is 48.3 Å². The molecule has 0 radical (unpaired) electrons. The molecule has 2 aromatic heterocycles. The van der Waals surface area contributed by atoms with Gasteiger partial charge in [0.1, 0.15) is 22.9 Å². The van der Waals surface area contributed by atoms with Crippen molar-refractivity contribution in [2.45, 2.75) is 13.0 Å². The third kappa shape index (κ3) is 3.12. The maximum atomic E-state index is 13.5. The minimum atomic E-state index is -0.706. The van der Waals surface area contributed by atoms with Crippen molar-refractivity contribution in [1.82, 2.24) is 10.2 Å². The minimum Gasteiger partial charge on any atom is -0.490 e. The van der Waals surface area contributed by atoms with E-state index in [1.807, 2.05) is 31.2 Å². The fourth-order valence-corrected chi connectivity index (χ4v) is 4.46. The largest absolute Gasteiger partial charge is 0.490 e. The zero-order valence-electron chi connectivity index (χ0n) is 16.6. The van der Waals surface area contributed by atoms with Crippen LogP contribution in [0.15, 0.2) is 70.4 Å². The van der Waals surface area contributed by atoms with E-state index in [1.54, 1.807) is 30.3 Å². The summed E-state index contributed by atoms with van der Waals surface area (Å²) >= 11 is 1.28. The Morgan fingerprint density at radius 1 is 1.19 bits per heavy atom. The summed E-state index contributed by atoms with van der Waals surface area (Å²) in [5, 5.41) is 9.76. The smallest absolute Gasteiger partial charge is 0.297 e. The van der Waals surface area contributed by atoms with E-state index in [1.165, 1.54) is 16.2 Å². The van der Waals surface area contributed by atoms with Gasteiger partial charge in [-0.25, -0.2) is 0 Å². The van der Waals surface area contributed by atoms with E-state index in [4.69, 9.17) is 9.15 Å². The molecule has 3 heterocycles. The summed E-state index contributed by atoms with van der Waals surface area (Å²) in [4.78, 5) is 28.4. The number of fused-ring (bicyclic) bond motifs is 2. The summed E-state index contributed by atoms with van der Waals surface area (Å²) in [7, 11) is 0. The SMILES string of the molecule is C=CCOc1cccc(C2c3c(oc4ccccc4c3=O)C(=O)N2c2nnc(C)s2)c1. The number of para-hydroxylation sites is 1. The first kappa shape index (κ1) is 19.2. The van der Waals surface area contributed by atoms with Crippen LogP contribution in [0, 0.1) is 6.92 Å². The first-order valence-corrected chi connectivity index (χ1v) is 10.4. The van der Waals surface area contributed by atoms with Crippen LogP contribution in [0.2, 0.25) is 0 Å². The van der Waals surface area contributed by atoms with Crippen LogP contribution in [0.4, 0.5) is 5.13 Å². The van der Waals surface area contributed by atoms with Gasteiger partial charge in [-0.15, -0.1) is 10.2 Å². The van der Waals surface area contributed by atoms with Crippen molar-refractivity contribution in [2.24, 2.45) is 0 Å². The van der Waals surface area contributed by atoms with Gasteiger partial charge < -0.3 is 9.15 Å². The Balaban J connectivity index is 1.76. The molecule has 1 aliphatic rings. The molecule has 1 unspecified atom stereocenters. The Kier molecular flexibility index (Phi) is 4.63. The Hall–Kier alpha value is -3.78. The number of hydrogen-bond acceptors (Lipinski definition) is 7. The van der Waals surface area contributed by atoms with Crippen LogP contribution in [-0.2, 0) is 0 Å². The Labute approximate surface area is 181 Å². The summed E-state index contributed by atoms with van der Waals surface area (Å²) < 4.78 is 11.6. The van der Waals surface area contributed by atoms with Crippen LogP contribution >= 0.6 is 11.3 Å². The maximum Gasteiger partial charge on any atom is 0.297 e. The number of rotatable bonds is 5. The van der Waals surface area contributed by atoms with Crippen LogP contribution in [0.5, 0.6) is 5.75 Å². The standard InChI is InChI=1S/C23H17N3O4S/c1-3-11-29-15-8-6-7-14(12-15)19-18-20(27)16-9-4-5-10-17(16)30-21(18)22(28)26(19)23-25-24-13(2)31-23/h3-10,12,19H,1,11H2,2H3. The summed E-state index contributed by atoms with van der Waals surface area (Å²) in [6.45, 7) is 5.82. The Morgan fingerprint density at radius 3 is 2.81 bits per heavy atom. The van der Waals surface area contributed by atoms with E-state index < -0.39 is 11.9 Å². The number of aryl methyl sites for hydroxylation is 1. The molecule has 0 N–H and O–H groups in total. The summed E-state index contributed by atoms with van der Waals surface area (Å²) in [5.41, 5.74) is 1.13. The highest BCUT2D eigenvalue weighted by Crippen LogP contribution is 2.42. The highest BCUT2D eigenvalue weighted by molar-refractivity contribution is 7.15. The molecule has 0 fully saturated rings. The van der Waals surface area contributed by atoms with Crippen LogP contribution in [0.25, 0.3) is 11.0 Å². The summed E-state index contributed by atoms with van der Waals surface area (Å²) in [5.74, 6) is 0.215. The molecule has 154 valence electrons. The molecule has 0 saturated heterocycles. The number of benzene rings is 2. The molecule has 2 aromatic carbocycles. The number of nitrogens with zero attached hydrogens (tertiary/aromatic N) is 3. The van der Waals surface area contributed by atoms with Gasteiger partial charge in [0, 0.05) is 0 Å². The number of amides is 1. The Morgan fingerprint density at radius 2 is 2.03 bits per heavy atom. The molecular weight excluding hydrogens is 414 g/mol. The average Bonchev–Trinajstić information content (AvgIpc) is 3.33. The quantitative estimate of drug-likeness (QED) is 0.439. The monoisotopic (exact) mass is 431 g/mol. The lowest BCUT2D eigenvalue weighted by Gasteiger charge is -2.22. The third-order valence-corrected chi connectivity index (χ3v) is 5.88. The number of aromatic nitrogens is 2. The van der Waals surface area contributed by atoms with Crippen molar-refractivity contribution in [2.75, 3.05) is 11.5 Å². The second-order valence-electron chi connectivity index (χ2n) is 7.02. The van der Waals surface area contributed by atoms with Crippen molar-refractivity contribution in [1.29, 1.82) is 0 Å². The Bertz CT molecular complexity index is 1390. The lowest BCUT2D eigenvalue weighted by Crippen LogP contribution is -2.29. The lowest BCUT2D eigenvalue weighted by atomic mass is 9.98. The van der Waals surface area contributed by atoms with E-state index in [0.717, 1.165) is 0 Å². The van der Waals surface area contributed by atoms with E-state index in [9.17, 15) is 9.59 Å². The molecule has 1 amide bonds.